The minimum atomic E-state index is -0.0279. The zero-order valence-electron chi connectivity index (χ0n) is 11.3. The molecule has 1 aliphatic heterocycles. The highest BCUT2D eigenvalue weighted by Gasteiger charge is 2.28. The topological polar surface area (TPSA) is 52.6 Å². The minimum Gasteiger partial charge on any atom is -0.396 e. The zero-order valence-corrected chi connectivity index (χ0v) is 11.3. The normalized spacial score (nSPS) is 25.0. The van der Waals surface area contributed by atoms with Gasteiger partial charge in [-0.2, -0.15) is 0 Å². The standard InChI is InChI=1S/C13H26N2O2/c1-10(2)15(8-5-9-16)13(17)12-7-4-6-11(3)14-12/h10-12,14,16H,4-9H2,1-3H3. The average molecular weight is 242 g/mol. The van der Waals surface area contributed by atoms with E-state index in [4.69, 9.17) is 5.11 Å². The highest BCUT2D eigenvalue weighted by atomic mass is 16.3. The Morgan fingerprint density at radius 1 is 1.47 bits per heavy atom. The van der Waals surface area contributed by atoms with E-state index in [2.05, 4.69) is 12.2 Å². The van der Waals surface area contributed by atoms with Gasteiger partial charge in [0.15, 0.2) is 0 Å². The van der Waals surface area contributed by atoms with Crippen LogP contribution in [-0.4, -0.2) is 47.2 Å². The molecule has 0 radical (unpaired) electrons. The third-order valence-electron chi connectivity index (χ3n) is 3.38. The first kappa shape index (κ1) is 14.5. The second kappa shape index (κ2) is 6.97. The van der Waals surface area contributed by atoms with E-state index in [0.29, 0.717) is 19.0 Å². The Balaban J connectivity index is 2.56. The van der Waals surface area contributed by atoms with Gasteiger partial charge in [0.05, 0.1) is 6.04 Å². The van der Waals surface area contributed by atoms with Gasteiger partial charge in [-0.25, -0.2) is 0 Å². The molecule has 1 amide bonds. The summed E-state index contributed by atoms with van der Waals surface area (Å²) < 4.78 is 0. The number of amides is 1. The quantitative estimate of drug-likeness (QED) is 0.760. The van der Waals surface area contributed by atoms with Crippen LogP contribution < -0.4 is 5.32 Å². The van der Waals surface area contributed by atoms with Crippen molar-refractivity contribution < 1.29 is 9.90 Å². The smallest absolute Gasteiger partial charge is 0.239 e. The highest BCUT2D eigenvalue weighted by molar-refractivity contribution is 5.82. The third kappa shape index (κ3) is 4.28. The third-order valence-corrected chi connectivity index (χ3v) is 3.38. The van der Waals surface area contributed by atoms with Crippen LogP contribution in [0, 0.1) is 0 Å². The number of hydrogen-bond donors (Lipinski definition) is 2. The maximum atomic E-state index is 12.4. The van der Waals surface area contributed by atoms with Crippen molar-refractivity contribution in [1.29, 1.82) is 0 Å². The Morgan fingerprint density at radius 2 is 2.18 bits per heavy atom. The summed E-state index contributed by atoms with van der Waals surface area (Å²) in [6, 6.07) is 0.609. The molecule has 1 rings (SSSR count). The van der Waals surface area contributed by atoms with E-state index in [-0.39, 0.29) is 24.6 Å². The summed E-state index contributed by atoms with van der Waals surface area (Å²) in [7, 11) is 0. The van der Waals surface area contributed by atoms with Gasteiger partial charge >= 0.3 is 0 Å². The predicted octanol–water partition coefficient (Wildman–Crippen LogP) is 1.14. The maximum absolute atomic E-state index is 12.4. The van der Waals surface area contributed by atoms with Crippen LogP contribution in [0.3, 0.4) is 0 Å². The molecule has 4 nitrogen and oxygen atoms in total. The molecule has 0 spiro atoms. The summed E-state index contributed by atoms with van der Waals surface area (Å²) in [5.41, 5.74) is 0. The fraction of sp³-hybridized carbons (Fsp3) is 0.923. The highest BCUT2D eigenvalue weighted by Crippen LogP contribution is 2.15. The van der Waals surface area contributed by atoms with E-state index in [1.165, 1.54) is 0 Å². The molecule has 0 bridgehead atoms. The second-order valence-corrected chi connectivity index (χ2v) is 5.25. The Hall–Kier alpha value is -0.610. The molecule has 2 unspecified atom stereocenters. The second-order valence-electron chi connectivity index (χ2n) is 5.25. The summed E-state index contributed by atoms with van der Waals surface area (Å²) in [6.45, 7) is 6.99. The Morgan fingerprint density at radius 3 is 2.71 bits per heavy atom. The monoisotopic (exact) mass is 242 g/mol. The minimum absolute atomic E-state index is 0.0279. The van der Waals surface area contributed by atoms with Crippen LogP contribution in [0.15, 0.2) is 0 Å². The van der Waals surface area contributed by atoms with Gasteiger partial charge in [-0.1, -0.05) is 0 Å². The van der Waals surface area contributed by atoms with Crippen LogP contribution in [0.2, 0.25) is 0 Å². The molecule has 100 valence electrons. The van der Waals surface area contributed by atoms with Crippen LogP contribution in [0.5, 0.6) is 0 Å². The molecular weight excluding hydrogens is 216 g/mol. The summed E-state index contributed by atoms with van der Waals surface area (Å²) >= 11 is 0. The van der Waals surface area contributed by atoms with Gasteiger partial charge < -0.3 is 15.3 Å². The largest absolute Gasteiger partial charge is 0.396 e. The van der Waals surface area contributed by atoms with Gasteiger partial charge in [0.1, 0.15) is 0 Å². The molecule has 17 heavy (non-hydrogen) atoms. The fourth-order valence-electron chi connectivity index (χ4n) is 2.40. The van der Waals surface area contributed by atoms with Crippen molar-refractivity contribution in [3.8, 4) is 0 Å². The van der Waals surface area contributed by atoms with Crippen LogP contribution in [0.1, 0.15) is 46.5 Å². The van der Waals surface area contributed by atoms with E-state index >= 15 is 0 Å². The molecular formula is C13H26N2O2. The Kier molecular flexibility index (Phi) is 5.92. The van der Waals surface area contributed by atoms with Crippen LogP contribution in [0.25, 0.3) is 0 Å². The summed E-state index contributed by atoms with van der Waals surface area (Å²) in [4.78, 5) is 14.3. The van der Waals surface area contributed by atoms with Crippen molar-refractivity contribution in [1.82, 2.24) is 10.2 Å². The number of rotatable bonds is 5. The number of nitrogens with zero attached hydrogens (tertiary/aromatic N) is 1. The number of carbonyl (C=O) groups excluding carboxylic acids is 1. The van der Waals surface area contributed by atoms with Crippen LogP contribution >= 0.6 is 0 Å². The van der Waals surface area contributed by atoms with Crippen molar-refractivity contribution in [3.63, 3.8) is 0 Å². The molecule has 2 N–H and O–H groups in total. The summed E-state index contributed by atoms with van der Waals surface area (Å²) in [6.07, 6.45) is 3.87. The lowest BCUT2D eigenvalue weighted by atomic mass is 9.98. The first-order chi connectivity index (χ1) is 8.06. The van der Waals surface area contributed by atoms with E-state index in [1.54, 1.807) is 0 Å². The average Bonchev–Trinajstić information content (AvgIpc) is 2.29. The molecule has 1 saturated heterocycles. The molecule has 1 aliphatic rings. The van der Waals surface area contributed by atoms with Gasteiger partial charge in [-0.15, -0.1) is 0 Å². The number of piperidine rings is 1. The van der Waals surface area contributed by atoms with Gasteiger partial charge in [0.25, 0.3) is 0 Å². The molecule has 0 aromatic rings. The van der Waals surface area contributed by atoms with Gasteiger partial charge in [-0.3, -0.25) is 4.79 Å². The molecule has 1 fully saturated rings. The number of carbonyl (C=O) groups is 1. The summed E-state index contributed by atoms with van der Waals surface area (Å²) in [5, 5.41) is 12.3. The Labute approximate surface area is 104 Å². The molecule has 0 aromatic carbocycles. The van der Waals surface area contributed by atoms with E-state index in [9.17, 15) is 4.79 Å². The van der Waals surface area contributed by atoms with Crippen molar-refractivity contribution >= 4 is 5.91 Å². The number of aliphatic hydroxyl groups is 1. The van der Waals surface area contributed by atoms with Crippen molar-refractivity contribution in [2.24, 2.45) is 0 Å². The molecule has 0 aliphatic carbocycles. The number of nitrogens with one attached hydrogen (secondary N) is 1. The molecule has 2 atom stereocenters. The van der Waals surface area contributed by atoms with Crippen molar-refractivity contribution in [2.45, 2.75) is 64.6 Å². The zero-order chi connectivity index (χ0) is 12.8. The SMILES string of the molecule is CC1CCCC(C(=O)N(CCCO)C(C)C)N1. The Bertz CT molecular complexity index is 244. The molecule has 4 heteroatoms. The van der Waals surface area contributed by atoms with Crippen molar-refractivity contribution in [3.05, 3.63) is 0 Å². The molecule has 1 heterocycles. The maximum Gasteiger partial charge on any atom is 0.239 e. The fourth-order valence-corrected chi connectivity index (χ4v) is 2.40. The lowest BCUT2D eigenvalue weighted by Gasteiger charge is -2.34. The van der Waals surface area contributed by atoms with Crippen molar-refractivity contribution in [2.75, 3.05) is 13.2 Å². The van der Waals surface area contributed by atoms with E-state index in [1.807, 2.05) is 18.7 Å². The molecule has 0 aromatic heterocycles. The van der Waals surface area contributed by atoms with Gasteiger partial charge in [-0.05, 0) is 46.5 Å². The lowest BCUT2D eigenvalue weighted by Crippen LogP contribution is -2.53. The predicted molar refractivity (Wildman–Crippen MR) is 68.8 cm³/mol. The van der Waals surface area contributed by atoms with Gasteiger partial charge in [0, 0.05) is 25.2 Å². The van der Waals surface area contributed by atoms with Crippen LogP contribution in [-0.2, 0) is 4.79 Å². The van der Waals surface area contributed by atoms with E-state index < -0.39 is 0 Å². The number of hydrogen-bond acceptors (Lipinski definition) is 3. The van der Waals surface area contributed by atoms with Gasteiger partial charge in [0.2, 0.25) is 5.91 Å². The molecule has 0 saturated carbocycles. The lowest BCUT2D eigenvalue weighted by molar-refractivity contribution is -0.136. The van der Waals surface area contributed by atoms with E-state index in [0.717, 1.165) is 19.3 Å². The first-order valence-corrected chi connectivity index (χ1v) is 6.73. The summed E-state index contributed by atoms with van der Waals surface area (Å²) in [5.74, 6) is 0.194. The number of aliphatic hydroxyl groups excluding tert-OH is 1. The van der Waals surface area contributed by atoms with Crippen LogP contribution in [0.4, 0.5) is 0 Å². The first-order valence-electron chi connectivity index (χ1n) is 6.73.